The van der Waals surface area contributed by atoms with E-state index in [4.69, 9.17) is 5.11 Å². The number of likely N-dealkylation sites (N-methyl/N-ethyl adjacent to an activating group) is 1. The van der Waals surface area contributed by atoms with Gasteiger partial charge in [-0.3, -0.25) is 9.69 Å². The average Bonchev–Trinajstić information content (AvgIpc) is 2.15. The monoisotopic (exact) mass is 159 g/mol. The SMILES string of the molecule is CN1CCC[C@@]1([SiH3])C(=O)O. The Labute approximate surface area is 63.4 Å². The second-order valence-electron chi connectivity index (χ2n) is 3.10. The zero-order valence-corrected chi connectivity index (χ0v) is 8.42. The van der Waals surface area contributed by atoms with E-state index in [0.717, 1.165) is 29.6 Å². The van der Waals surface area contributed by atoms with Crippen molar-refractivity contribution in [3.05, 3.63) is 0 Å². The van der Waals surface area contributed by atoms with Gasteiger partial charge in [0.05, 0.1) is 5.16 Å². The topological polar surface area (TPSA) is 40.5 Å². The van der Waals surface area contributed by atoms with Gasteiger partial charge in [-0.05, 0) is 26.4 Å². The lowest BCUT2D eigenvalue weighted by Crippen LogP contribution is -2.48. The normalized spacial score (nSPS) is 34.9. The molecule has 0 aromatic rings. The molecule has 1 aliphatic heterocycles. The van der Waals surface area contributed by atoms with Crippen molar-refractivity contribution < 1.29 is 9.90 Å². The smallest absolute Gasteiger partial charge is 0.319 e. The lowest BCUT2D eigenvalue weighted by molar-refractivity contribution is -0.144. The van der Waals surface area contributed by atoms with E-state index in [0.29, 0.717) is 0 Å². The van der Waals surface area contributed by atoms with Crippen LogP contribution in [-0.4, -0.2) is 45.0 Å². The maximum absolute atomic E-state index is 10.7. The van der Waals surface area contributed by atoms with Gasteiger partial charge >= 0.3 is 5.97 Å². The second kappa shape index (κ2) is 2.36. The van der Waals surface area contributed by atoms with Crippen LogP contribution in [0.1, 0.15) is 12.8 Å². The number of likely N-dealkylation sites (tertiary alicyclic amines) is 1. The second-order valence-corrected chi connectivity index (χ2v) is 4.76. The molecule has 0 aromatic heterocycles. The van der Waals surface area contributed by atoms with Crippen molar-refractivity contribution in [3.8, 4) is 0 Å². The number of carboxylic acid groups (broad SMARTS) is 1. The Morgan fingerprint density at radius 1 is 1.80 bits per heavy atom. The van der Waals surface area contributed by atoms with Gasteiger partial charge in [-0.15, -0.1) is 0 Å². The molecule has 1 rings (SSSR count). The predicted molar refractivity (Wildman–Crippen MR) is 42.2 cm³/mol. The molecule has 0 aliphatic carbocycles. The average molecular weight is 159 g/mol. The first-order chi connectivity index (χ1) is 4.57. The van der Waals surface area contributed by atoms with E-state index in [9.17, 15) is 4.79 Å². The third kappa shape index (κ3) is 0.972. The quantitative estimate of drug-likeness (QED) is 0.492. The van der Waals surface area contributed by atoms with Gasteiger partial charge in [-0.2, -0.15) is 0 Å². The lowest BCUT2D eigenvalue weighted by atomic mass is 10.2. The number of carboxylic acids is 1. The molecule has 1 heterocycles. The molecule has 0 radical (unpaired) electrons. The van der Waals surface area contributed by atoms with E-state index in [1.54, 1.807) is 0 Å². The molecule has 0 spiro atoms. The minimum absolute atomic E-state index is 0.458. The molecule has 4 heteroatoms. The molecular weight excluding hydrogens is 146 g/mol. The van der Waals surface area contributed by atoms with Crippen LogP contribution in [0, 0.1) is 0 Å². The Morgan fingerprint density at radius 2 is 2.40 bits per heavy atom. The molecule has 1 atom stereocenters. The molecule has 0 saturated carbocycles. The molecule has 0 amide bonds. The molecule has 0 aromatic carbocycles. The molecule has 58 valence electrons. The number of nitrogens with zero attached hydrogens (tertiary/aromatic N) is 1. The van der Waals surface area contributed by atoms with Crippen molar-refractivity contribution in [3.63, 3.8) is 0 Å². The minimum atomic E-state index is -0.640. The van der Waals surface area contributed by atoms with E-state index in [1.165, 1.54) is 0 Å². The maximum atomic E-state index is 10.7. The van der Waals surface area contributed by atoms with E-state index in [1.807, 2.05) is 11.9 Å². The first-order valence-corrected chi connectivity index (χ1v) is 4.52. The zero-order valence-electron chi connectivity index (χ0n) is 6.42. The summed E-state index contributed by atoms with van der Waals surface area (Å²) in [5.74, 6) is -0.640. The fraction of sp³-hybridized carbons (Fsp3) is 0.833. The Balaban J connectivity index is 2.75. The van der Waals surface area contributed by atoms with Gasteiger partial charge in [0, 0.05) is 10.2 Å². The van der Waals surface area contributed by atoms with Crippen LogP contribution in [0.5, 0.6) is 0 Å². The molecular formula is C6H13NO2Si. The van der Waals surface area contributed by atoms with E-state index in [-0.39, 0.29) is 0 Å². The highest BCUT2D eigenvalue weighted by Gasteiger charge is 2.40. The Morgan fingerprint density at radius 3 is 2.60 bits per heavy atom. The molecule has 10 heavy (non-hydrogen) atoms. The van der Waals surface area contributed by atoms with Crippen molar-refractivity contribution in [2.45, 2.75) is 18.0 Å². The number of aliphatic carboxylic acids is 1. The van der Waals surface area contributed by atoms with Gasteiger partial charge in [-0.1, -0.05) is 0 Å². The number of rotatable bonds is 1. The lowest BCUT2D eigenvalue weighted by Gasteiger charge is -2.26. The van der Waals surface area contributed by atoms with E-state index >= 15 is 0 Å². The fourth-order valence-electron chi connectivity index (χ4n) is 1.37. The third-order valence-corrected chi connectivity index (χ3v) is 4.15. The summed E-state index contributed by atoms with van der Waals surface area (Å²) in [5.41, 5.74) is 0. The highest BCUT2D eigenvalue weighted by molar-refractivity contribution is 6.27. The zero-order chi connectivity index (χ0) is 7.78. The number of hydrogen-bond acceptors (Lipinski definition) is 2. The summed E-state index contributed by atoms with van der Waals surface area (Å²) in [4.78, 5) is 12.7. The van der Waals surface area contributed by atoms with Crippen LogP contribution in [0.15, 0.2) is 0 Å². The minimum Gasteiger partial charge on any atom is -0.480 e. The Bertz CT molecular complexity index is 162. The van der Waals surface area contributed by atoms with E-state index in [2.05, 4.69) is 0 Å². The molecule has 0 bridgehead atoms. The van der Waals surface area contributed by atoms with Crippen LogP contribution < -0.4 is 0 Å². The van der Waals surface area contributed by atoms with Crippen LogP contribution in [0.3, 0.4) is 0 Å². The highest BCUT2D eigenvalue weighted by Crippen LogP contribution is 2.24. The van der Waals surface area contributed by atoms with Crippen molar-refractivity contribution in [1.82, 2.24) is 4.90 Å². The first kappa shape index (κ1) is 7.75. The molecule has 3 nitrogen and oxygen atoms in total. The number of carbonyl (C=O) groups is 1. The van der Waals surface area contributed by atoms with Crippen molar-refractivity contribution >= 4 is 16.2 Å². The van der Waals surface area contributed by atoms with Crippen molar-refractivity contribution in [2.24, 2.45) is 0 Å². The van der Waals surface area contributed by atoms with Crippen LogP contribution in [-0.2, 0) is 4.79 Å². The summed E-state index contributed by atoms with van der Waals surface area (Å²) in [6.07, 6.45) is 1.87. The van der Waals surface area contributed by atoms with Gasteiger partial charge in [0.1, 0.15) is 0 Å². The maximum Gasteiger partial charge on any atom is 0.319 e. The predicted octanol–water partition coefficient (Wildman–Crippen LogP) is -1.14. The van der Waals surface area contributed by atoms with Gasteiger partial charge in [0.2, 0.25) is 0 Å². The highest BCUT2D eigenvalue weighted by atomic mass is 28.1. The summed E-state index contributed by atoms with van der Waals surface area (Å²) in [6, 6.07) is 0. The van der Waals surface area contributed by atoms with Gasteiger partial charge in [-0.25, -0.2) is 0 Å². The summed E-state index contributed by atoms with van der Waals surface area (Å²) in [7, 11) is 2.62. The summed E-state index contributed by atoms with van der Waals surface area (Å²) in [6.45, 7) is 0.940. The Kier molecular flexibility index (Phi) is 1.83. The largest absolute Gasteiger partial charge is 0.480 e. The summed E-state index contributed by atoms with van der Waals surface area (Å²) >= 11 is 0. The molecule has 1 fully saturated rings. The van der Waals surface area contributed by atoms with Gasteiger partial charge in [0.25, 0.3) is 0 Å². The first-order valence-electron chi connectivity index (χ1n) is 3.52. The van der Waals surface area contributed by atoms with Crippen LogP contribution in [0.2, 0.25) is 0 Å². The van der Waals surface area contributed by atoms with Crippen molar-refractivity contribution in [2.75, 3.05) is 13.6 Å². The summed E-state index contributed by atoms with van der Waals surface area (Å²) in [5, 5.41) is 8.38. The van der Waals surface area contributed by atoms with Gasteiger partial charge < -0.3 is 5.11 Å². The fourth-order valence-corrected chi connectivity index (χ4v) is 1.95. The molecule has 1 saturated heterocycles. The third-order valence-electron chi connectivity index (χ3n) is 2.46. The molecule has 1 aliphatic rings. The molecule has 1 N–H and O–H groups in total. The Hall–Kier alpha value is -0.353. The standard InChI is InChI=1S/C6H13NO2Si/c1-7-4-2-3-6(7,10)5(8)9/h2-4H2,1,10H3,(H,8,9)/t6-/m1/s1. The van der Waals surface area contributed by atoms with Crippen molar-refractivity contribution in [1.29, 1.82) is 0 Å². The van der Waals surface area contributed by atoms with Crippen LogP contribution >= 0.6 is 0 Å². The summed E-state index contributed by atoms with van der Waals surface area (Å²) < 4.78 is 0. The van der Waals surface area contributed by atoms with Crippen LogP contribution in [0.4, 0.5) is 0 Å². The molecule has 0 unspecified atom stereocenters. The van der Waals surface area contributed by atoms with Crippen LogP contribution in [0.25, 0.3) is 0 Å². The van der Waals surface area contributed by atoms with Gasteiger partial charge in [0.15, 0.2) is 0 Å². The number of hydrogen-bond donors (Lipinski definition) is 1. The van der Waals surface area contributed by atoms with E-state index < -0.39 is 11.1 Å².